The molecule has 0 aliphatic heterocycles. The molecule has 0 saturated carbocycles. The number of anilines is 2. The summed E-state index contributed by atoms with van der Waals surface area (Å²) in [4.78, 5) is 8.32. The molecule has 2 rings (SSSR count). The third kappa shape index (κ3) is 4.04. The predicted molar refractivity (Wildman–Crippen MR) is 83.1 cm³/mol. The lowest BCUT2D eigenvalue weighted by molar-refractivity contribution is 0.0574. The van der Waals surface area contributed by atoms with Gasteiger partial charge in [-0.1, -0.05) is 0 Å². The zero-order chi connectivity index (χ0) is 14.8. The highest BCUT2D eigenvalue weighted by Crippen LogP contribution is 2.25. The number of nitrogens with zero attached hydrogens (tertiary/aromatic N) is 4. The van der Waals surface area contributed by atoms with Crippen molar-refractivity contribution in [3.63, 3.8) is 0 Å². The molecule has 108 valence electrons. The molecule has 7 nitrogen and oxygen atoms in total. The molecule has 0 amide bonds. The average molecular weight is 389 g/mol. The Morgan fingerprint density at radius 2 is 2.05 bits per heavy atom. The first-order chi connectivity index (χ1) is 9.37. The van der Waals surface area contributed by atoms with Crippen molar-refractivity contribution in [1.29, 1.82) is 0 Å². The number of rotatable bonds is 5. The van der Waals surface area contributed by atoms with Crippen LogP contribution in [0.15, 0.2) is 18.6 Å². The Morgan fingerprint density at radius 1 is 1.40 bits per heavy atom. The molecule has 2 aromatic rings. The second-order valence-electron chi connectivity index (χ2n) is 4.91. The molecule has 8 heteroatoms. The van der Waals surface area contributed by atoms with Crippen molar-refractivity contribution >= 4 is 34.2 Å². The normalized spacial score (nSPS) is 11.4. The standard InChI is InChI=1S/C12H16IN5O2/c1-12(2,19)7-18-6-9(10(17-18)20-3)16-11-14-4-8(13)5-15-11/h4-6,19H,7H2,1-3H3,(H,14,15,16). The molecule has 0 fully saturated rings. The van der Waals surface area contributed by atoms with E-state index < -0.39 is 5.60 Å². The van der Waals surface area contributed by atoms with Gasteiger partial charge in [0.25, 0.3) is 5.88 Å². The fraction of sp³-hybridized carbons (Fsp3) is 0.417. The van der Waals surface area contributed by atoms with Crippen LogP contribution in [0.1, 0.15) is 13.8 Å². The van der Waals surface area contributed by atoms with E-state index in [-0.39, 0.29) is 0 Å². The van der Waals surface area contributed by atoms with Crippen LogP contribution in [0.25, 0.3) is 0 Å². The van der Waals surface area contributed by atoms with Crippen molar-refractivity contribution < 1.29 is 9.84 Å². The highest BCUT2D eigenvalue weighted by Gasteiger charge is 2.17. The smallest absolute Gasteiger partial charge is 0.256 e. The number of halogens is 1. The number of nitrogens with one attached hydrogen (secondary N) is 1. The molecular formula is C12H16IN5O2. The van der Waals surface area contributed by atoms with Crippen LogP contribution < -0.4 is 10.1 Å². The number of aromatic nitrogens is 4. The largest absolute Gasteiger partial charge is 0.478 e. The number of aliphatic hydroxyl groups is 1. The van der Waals surface area contributed by atoms with E-state index in [0.29, 0.717) is 24.1 Å². The third-order valence-electron chi connectivity index (χ3n) is 2.34. The molecule has 0 aliphatic carbocycles. The van der Waals surface area contributed by atoms with Gasteiger partial charge in [-0.25, -0.2) is 9.97 Å². The SMILES string of the molecule is COc1nn(CC(C)(C)O)cc1Nc1ncc(I)cn1. The molecule has 0 atom stereocenters. The van der Waals surface area contributed by atoms with Crippen LogP contribution in [-0.2, 0) is 6.54 Å². The Balaban J connectivity index is 2.20. The first-order valence-electron chi connectivity index (χ1n) is 5.96. The number of hydrogen-bond acceptors (Lipinski definition) is 6. The van der Waals surface area contributed by atoms with Crippen molar-refractivity contribution in [1.82, 2.24) is 19.7 Å². The maximum Gasteiger partial charge on any atom is 0.256 e. The Hall–Kier alpha value is -1.42. The molecule has 0 bridgehead atoms. The van der Waals surface area contributed by atoms with Gasteiger partial charge in [0.1, 0.15) is 5.69 Å². The minimum atomic E-state index is -0.854. The van der Waals surface area contributed by atoms with Crippen molar-refractivity contribution in [2.75, 3.05) is 12.4 Å². The van der Waals surface area contributed by atoms with Crippen LogP contribution in [0.2, 0.25) is 0 Å². The maximum absolute atomic E-state index is 9.82. The second kappa shape index (κ2) is 5.92. The van der Waals surface area contributed by atoms with E-state index in [9.17, 15) is 5.11 Å². The van der Waals surface area contributed by atoms with Gasteiger partial charge < -0.3 is 15.2 Å². The predicted octanol–water partition coefficient (Wildman–Crippen LogP) is 1.80. The second-order valence-corrected chi connectivity index (χ2v) is 6.16. The van der Waals surface area contributed by atoms with Crippen molar-refractivity contribution in [2.24, 2.45) is 0 Å². The summed E-state index contributed by atoms with van der Waals surface area (Å²) in [6, 6.07) is 0. The average Bonchev–Trinajstić information content (AvgIpc) is 2.71. The Labute approximate surface area is 130 Å². The number of ether oxygens (including phenoxy) is 1. The molecule has 2 aromatic heterocycles. The first kappa shape index (κ1) is 15.0. The zero-order valence-corrected chi connectivity index (χ0v) is 13.6. The molecule has 0 radical (unpaired) electrons. The fourth-order valence-electron chi connectivity index (χ4n) is 1.61. The number of methoxy groups -OCH3 is 1. The van der Waals surface area contributed by atoms with Gasteiger partial charge in [0.2, 0.25) is 5.95 Å². The summed E-state index contributed by atoms with van der Waals surface area (Å²) >= 11 is 2.14. The Morgan fingerprint density at radius 3 is 2.60 bits per heavy atom. The molecule has 0 unspecified atom stereocenters. The minimum Gasteiger partial charge on any atom is -0.478 e. The summed E-state index contributed by atoms with van der Waals surface area (Å²) in [6.45, 7) is 3.80. The first-order valence-corrected chi connectivity index (χ1v) is 7.03. The monoisotopic (exact) mass is 389 g/mol. The van der Waals surface area contributed by atoms with Gasteiger partial charge in [-0.05, 0) is 36.4 Å². The van der Waals surface area contributed by atoms with E-state index >= 15 is 0 Å². The van der Waals surface area contributed by atoms with Gasteiger partial charge in [-0.3, -0.25) is 4.68 Å². The van der Waals surface area contributed by atoms with Gasteiger partial charge in [0.05, 0.1) is 25.5 Å². The summed E-state index contributed by atoms with van der Waals surface area (Å²) in [6.07, 6.45) is 5.17. The highest BCUT2D eigenvalue weighted by molar-refractivity contribution is 14.1. The van der Waals surface area contributed by atoms with Gasteiger partial charge in [0, 0.05) is 16.0 Å². The van der Waals surface area contributed by atoms with E-state index in [4.69, 9.17) is 4.74 Å². The molecule has 0 saturated heterocycles. The Kier molecular flexibility index (Phi) is 4.43. The lowest BCUT2D eigenvalue weighted by Crippen LogP contribution is -2.26. The van der Waals surface area contributed by atoms with E-state index in [0.717, 1.165) is 3.57 Å². The van der Waals surface area contributed by atoms with Crippen molar-refractivity contribution in [2.45, 2.75) is 26.0 Å². The van der Waals surface area contributed by atoms with Crippen LogP contribution >= 0.6 is 22.6 Å². The zero-order valence-electron chi connectivity index (χ0n) is 11.5. The van der Waals surface area contributed by atoms with Crippen molar-refractivity contribution in [3.8, 4) is 5.88 Å². The van der Waals surface area contributed by atoms with Crippen LogP contribution in [0.3, 0.4) is 0 Å². The van der Waals surface area contributed by atoms with Crippen LogP contribution in [0, 0.1) is 3.57 Å². The van der Waals surface area contributed by atoms with Gasteiger partial charge in [0.15, 0.2) is 0 Å². The van der Waals surface area contributed by atoms with E-state index in [2.05, 4.69) is 43.0 Å². The summed E-state index contributed by atoms with van der Waals surface area (Å²) < 4.78 is 7.78. The maximum atomic E-state index is 9.82. The molecule has 20 heavy (non-hydrogen) atoms. The summed E-state index contributed by atoms with van der Waals surface area (Å²) in [5.41, 5.74) is -0.203. The number of hydrogen-bond donors (Lipinski definition) is 2. The molecular weight excluding hydrogens is 373 g/mol. The van der Waals surface area contributed by atoms with E-state index in [1.54, 1.807) is 37.1 Å². The molecule has 0 aromatic carbocycles. The topological polar surface area (TPSA) is 85.1 Å². The quantitative estimate of drug-likeness (QED) is 0.759. The van der Waals surface area contributed by atoms with E-state index in [1.165, 1.54) is 7.11 Å². The molecule has 0 spiro atoms. The highest BCUT2D eigenvalue weighted by atomic mass is 127. The lowest BCUT2D eigenvalue weighted by atomic mass is 10.1. The molecule has 0 aliphatic rings. The molecule has 2 N–H and O–H groups in total. The minimum absolute atomic E-state index is 0.360. The molecule has 2 heterocycles. The van der Waals surface area contributed by atoms with Crippen LogP contribution in [0.5, 0.6) is 5.88 Å². The van der Waals surface area contributed by atoms with Crippen LogP contribution in [-0.4, -0.2) is 37.6 Å². The summed E-state index contributed by atoms with van der Waals surface area (Å²) in [7, 11) is 1.54. The van der Waals surface area contributed by atoms with E-state index in [1.807, 2.05) is 0 Å². The summed E-state index contributed by atoms with van der Waals surface area (Å²) in [5.74, 6) is 0.892. The Bertz CT molecular complexity index is 577. The third-order valence-corrected chi connectivity index (χ3v) is 2.89. The van der Waals surface area contributed by atoms with Gasteiger partial charge in [-0.15, -0.1) is 5.10 Å². The summed E-state index contributed by atoms with van der Waals surface area (Å²) in [5, 5.41) is 17.1. The lowest BCUT2D eigenvalue weighted by Gasteiger charge is -2.16. The van der Waals surface area contributed by atoms with Crippen molar-refractivity contribution in [3.05, 3.63) is 22.2 Å². The van der Waals surface area contributed by atoms with Gasteiger partial charge in [-0.2, -0.15) is 0 Å². The van der Waals surface area contributed by atoms with Crippen LogP contribution in [0.4, 0.5) is 11.6 Å². The fourth-order valence-corrected chi connectivity index (χ4v) is 1.89. The van der Waals surface area contributed by atoms with Gasteiger partial charge >= 0.3 is 0 Å².